The Morgan fingerprint density at radius 1 is 1.18 bits per heavy atom. The van der Waals surface area contributed by atoms with Crippen LogP contribution >= 0.6 is 0 Å². The minimum atomic E-state index is -0.437. The second kappa shape index (κ2) is 5.61. The van der Waals surface area contributed by atoms with Crippen molar-refractivity contribution in [1.82, 2.24) is 5.32 Å². The molecule has 0 saturated carbocycles. The molecular weight excluding hydrogens is 276 g/mol. The number of aliphatic hydroxyl groups excluding tert-OH is 1. The molecule has 0 aromatic heterocycles. The van der Waals surface area contributed by atoms with E-state index in [9.17, 15) is 4.79 Å². The number of hydrogen-bond donors (Lipinski definition) is 3. The first-order valence-corrected chi connectivity index (χ1v) is 7.74. The van der Waals surface area contributed by atoms with Crippen LogP contribution in [-0.2, 0) is 12.8 Å². The third kappa shape index (κ3) is 2.79. The lowest BCUT2D eigenvalue weighted by Gasteiger charge is -2.25. The Kier molecular flexibility index (Phi) is 3.79. The number of hydrogen-bond acceptors (Lipinski definition) is 2. The highest BCUT2D eigenvalue weighted by Gasteiger charge is 2.21. The molecule has 3 N–H and O–H groups in total. The number of rotatable bonds is 4. The van der Waals surface area contributed by atoms with Crippen LogP contribution in [0.3, 0.4) is 0 Å². The van der Waals surface area contributed by atoms with Crippen LogP contribution < -0.4 is 10.6 Å². The van der Waals surface area contributed by atoms with E-state index in [1.807, 2.05) is 26.0 Å². The monoisotopic (exact) mass is 298 g/mol. The molecule has 0 bridgehead atoms. The summed E-state index contributed by atoms with van der Waals surface area (Å²) in [6.07, 6.45) is 2.67. The largest absolute Gasteiger partial charge is 0.396 e. The zero-order valence-corrected chi connectivity index (χ0v) is 13.1. The molecule has 2 amide bonds. The number of benzene rings is 2. The SMILES string of the molecule is CC(C)(CCO)NC(=O)Nc1ccc2c3c(cccc13)CC2. The maximum absolute atomic E-state index is 12.2. The van der Waals surface area contributed by atoms with Crippen molar-refractivity contribution in [2.45, 2.75) is 38.6 Å². The van der Waals surface area contributed by atoms with Crippen LogP contribution in [0.15, 0.2) is 30.3 Å². The average Bonchev–Trinajstić information content (AvgIpc) is 2.86. The fraction of sp³-hybridized carbons (Fsp3) is 0.389. The maximum atomic E-state index is 12.2. The van der Waals surface area contributed by atoms with E-state index in [1.54, 1.807) is 0 Å². The molecule has 2 aromatic rings. The Bertz CT molecular complexity index is 712. The lowest BCUT2D eigenvalue weighted by atomic mass is 10.0. The van der Waals surface area contributed by atoms with Crippen LogP contribution in [0.1, 0.15) is 31.4 Å². The third-order valence-electron chi connectivity index (χ3n) is 4.31. The zero-order chi connectivity index (χ0) is 15.7. The van der Waals surface area contributed by atoms with E-state index in [0.717, 1.165) is 23.9 Å². The fourth-order valence-corrected chi connectivity index (χ4v) is 3.16. The molecule has 0 atom stereocenters. The molecule has 0 radical (unpaired) electrons. The van der Waals surface area contributed by atoms with E-state index in [2.05, 4.69) is 28.8 Å². The Labute approximate surface area is 130 Å². The molecule has 0 saturated heterocycles. The lowest BCUT2D eigenvalue weighted by Crippen LogP contribution is -2.46. The van der Waals surface area contributed by atoms with Crippen molar-refractivity contribution < 1.29 is 9.90 Å². The van der Waals surface area contributed by atoms with Gasteiger partial charge in [0.1, 0.15) is 0 Å². The maximum Gasteiger partial charge on any atom is 0.319 e. The molecule has 0 heterocycles. The summed E-state index contributed by atoms with van der Waals surface area (Å²) in [6.45, 7) is 3.85. The van der Waals surface area contributed by atoms with E-state index < -0.39 is 5.54 Å². The highest BCUT2D eigenvalue weighted by Crippen LogP contribution is 2.34. The van der Waals surface area contributed by atoms with Gasteiger partial charge in [0.05, 0.1) is 5.69 Å². The predicted octanol–water partition coefficient (Wildman–Crippen LogP) is 3.22. The summed E-state index contributed by atoms with van der Waals surface area (Å²) in [5.41, 5.74) is 3.11. The Hall–Kier alpha value is -2.07. The molecule has 22 heavy (non-hydrogen) atoms. The summed E-state index contributed by atoms with van der Waals surface area (Å²) in [6, 6.07) is 10.1. The molecule has 4 heteroatoms. The molecule has 0 unspecified atom stereocenters. The van der Waals surface area contributed by atoms with Gasteiger partial charge in [0, 0.05) is 17.5 Å². The molecule has 1 aliphatic carbocycles. The summed E-state index contributed by atoms with van der Waals surface area (Å²) in [4.78, 5) is 12.2. The number of aryl methyl sites for hydroxylation is 2. The average molecular weight is 298 g/mol. The summed E-state index contributed by atoms with van der Waals surface area (Å²) in [5.74, 6) is 0. The number of amides is 2. The topological polar surface area (TPSA) is 61.4 Å². The number of anilines is 1. The second-order valence-corrected chi connectivity index (χ2v) is 6.55. The van der Waals surface area contributed by atoms with Gasteiger partial charge in [-0.2, -0.15) is 0 Å². The van der Waals surface area contributed by atoms with Crippen molar-refractivity contribution >= 4 is 22.5 Å². The molecule has 4 nitrogen and oxygen atoms in total. The summed E-state index contributed by atoms with van der Waals surface area (Å²) >= 11 is 0. The summed E-state index contributed by atoms with van der Waals surface area (Å²) < 4.78 is 0. The standard InChI is InChI=1S/C18H22N2O2/c1-18(2,10-11-21)20-17(22)19-15-9-8-13-7-6-12-4-3-5-14(15)16(12)13/h3-5,8-9,21H,6-7,10-11H2,1-2H3,(H2,19,20,22). The van der Waals surface area contributed by atoms with E-state index >= 15 is 0 Å². The van der Waals surface area contributed by atoms with Crippen molar-refractivity contribution in [3.63, 3.8) is 0 Å². The molecule has 0 spiro atoms. The zero-order valence-electron chi connectivity index (χ0n) is 13.1. The van der Waals surface area contributed by atoms with Gasteiger partial charge in [0.2, 0.25) is 0 Å². The number of aliphatic hydroxyl groups is 1. The van der Waals surface area contributed by atoms with Crippen LogP contribution in [0.5, 0.6) is 0 Å². The third-order valence-corrected chi connectivity index (χ3v) is 4.31. The van der Waals surface area contributed by atoms with Gasteiger partial charge in [0.25, 0.3) is 0 Å². The lowest BCUT2D eigenvalue weighted by molar-refractivity contribution is 0.218. The van der Waals surface area contributed by atoms with Crippen molar-refractivity contribution in [2.24, 2.45) is 0 Å². The number of carbonyl (C=O) groups is 1. The van der Waals surface area contributed by atoms with E-state index in [4.69, 9.17) is 5.11 Å². The number of urea groups is 1. The van der Waals surface area contributed by atoms with Gasteiger partial charge in [-0.3, -0.25) is 0 Å². The quantitative estimate of drug-likeness (QED) is 0.811. The summed E-state index contributed by atoms with van der Waals surface area (Å²) in [7, 11) is 0. The highest BCUT2D eigenvalue weighted by molar-refractivity contribution is 6.04. The number of carbonyl (C=O) groups excluding carboxylic acids is 1. The van der Waals surface area contributed by atoms with Crippen LogP contribution in [0, 0.1) is 0 Å². The number of nitrogens with one attached hydrogen (secondary N) is 2. The molecule has 1 aliphatic rings. The van der Waals surface area contributed by atoms with E-state index in [1.165, 1.54) is 16.5 Å². The highest BCUT2D eigenvalue weighted by atomic mass is 16.3. The molecule has 2 aromatic carbocycles. The second-order valence-electron chi connectivity index (χ2n) is 6.55. The Morgan fingerprint density at radius 2 is 1.91 bits per heavy atom. The summed E-state index contributed by atoms with van der Waals surface area (Å²) in [5, 5.41) is 17.3. The van der Waals surface area contributed by atoms with Crippen LogP contribution in [0.25, 0.3) is 10.8 Å². The van der Waals surface area contributed by atoms with Crippen LogP contribution in [-0.4, -0.2) is 23.3 Å². The van der Waals surface area contributed by atoms with Crippen molar-refractivity contribution in [3.8, 4) is 0 Å². The van der Waals surface area contributed by atoms with Gasteiger partial charge in [-0.25, -0.2) is 4.79 Å². The van der Waals surface area contributed by atoms with Crippen molar-refractivity contribution in [1.29, 1.82) is 0 Å². The smallest absolute Gasteiger partial charge is 0.319 e. The van der Waals surface area contributed by atoms with Crippen LogP contribution in [0.2, 0.25) is 0 Å². The van der Waals surface area contributed by atoms with Gasteiger partial charge in [0.15, 0.2) is 0 Å². The van der Waals surface area contributed by atoms with Gasteiger partial charge in [-0.1, -0.05) is 24.3 Å². The molecule has 0 aliphatic heterocycles. The molecule has 116 valence electrons. The Balaban J connectivity index is 1.85. The van der Waals surface area contributed by atoms with Gasteiger partial charge in [-0.15, -0.1) is 0 Å². The first kappa shape index (κ1) is 14.9. The molecule has 3 rings (SSSR count). The minimum absolute atomic E-state index is 0.0499. The minimum Gasteiger partial charge on any atom is -0.396 e. The van der Waals surface area contributed by atoms with Gasteiger partial charge in [-0.05, 0) is 55.7 Å². The molecule has 0 fully saturated rings. The normalized spacial score (nSPS) is 13.4. The van der Waals surface area contributed by atoms with E-state index in [0.29, 0.717) is 6.42 Å². The van der Waals surface area contributed by atoms with Crippen LogP contribution in [0.4, 0.5) is 10.5 Å². The first-order valence-electron chi connectivity index (χ1n) is 7.74. The molecular formula is C18H22N2O2. The fourth-order valence-electron chi connectivity index (χ4n) is 3.16. The van der Waals surface area contributed by atoms with Crippen molar-refractivity contribution in [2.75, 3.05) is 11.9 Å². The van der Waals surface area contributed by atoms with Gasteiger partial charge < -0.3 is 15.7 Å². The van der Waals surface area contributed by atoms with Crippen molar-refractivity contribution in [3.05, 3.63) is 41.5 Å². The van der Waals surface area contributed by atoms with E-state index in [-0.39, 0.29) is 12.6 Å². The predicted molar refractivity (Wildman–Crippen MR) is 89.3 cm³/mol. The first-order chi connectivity index (χ1) is 10.5. The van der Waals surface area contributed by atoms with Gasteiger partial charge >= 0.3 is 6.03 Å². The Morgan fingerprint density at radius 3 is 2.64 bits per heavy atom.